The van der Waals surface area contributed by atoms with E-state index in [4.69, 9.17) is 0 Å². The Morgan fingerprint density at radius 1 is 1.10 bits per heavy atom. The van der Waals surface area contributed by atoms with Crippen LogP contribution in [0.4, 0.5) is 11.4 Å². The molecule has 3 aromatic rings. The van der Waals surface area contributed by atoms with Gasteiger partial charge in [0.15, 0.2) is 4.90 Å². The summed E-state index contributed by atoms with van der Waals surface area (Å²) in [6.45, 7) is 7.33. The van der Waals surface area contributed by atoms with Crippen molar-refractivity contribution >= 4 is 40.0 Å². The average molecular weight is 443 g/mol. The van der Waals surface area contributed by atoms with E-state index in [0.717, 1.165) is 26.7 Å². The molecular weight excluding hydrogens is 416 g/mol. The molecule has 1 unspecified atom stereocenters. The highest BCUT2D eigenvalue weighted by Gasteiger charge is 2.25. The van der Waals surface area contributed by atoms with Gasteiger partial charge in [-0.2, -0.15) is 0 Å². The minimum atomic E-state index is -1.46. The van der Waals surface area contributed by atoms with E-state index in [2.05, 4.69) is 20.3 Å². The molecule has 1 heterocycles. The molecule has 0 saturated heterocycles. The Bertz CT molecular complexity index is 1030. The van der Waals surface area contributed by atoms with E-state index in [1.54, 1.807) is 23.6 Å². The Kier molecular flexibility index (Phi) is 6.82. The molecule has 0 radical (unpaired) electrons. The molecule has 0 aliphatic carbocycles. The number of thiazole rings is 1. The highest BCUT2D eigenvalue weighted by Crippen LogP contribution is 2.37. The number of benzene rings is 2. The van der Waals surface area contributed by atoms with Gasteiger partial charge < -0.3 is 15.2 Å². The van der Waals surface area contributed by atoms with Crippen LogP contribution in [0.25, 0.3) is 21.0 Å². The van der Waals surface area contributed by atoms with Crippen LogP contribution < -0.4 is 15.4 Å². The first-order chi connectivity index (χ1) is 14.2. The molecule has 8 heteroatoms. The molecule has 30 heavy (non-hydrogen) atoms. The van der Waals surface area contributed by atoms with Crippen molar-refractivity contribution in [2.45, 2.75) is 38.1 Å². The second-order valence-electron chi connectivity index (χ2n) is 7.87. The number of hydrogen-bond donors (Lipinski definition) is 3. The van der Waals surface area contributed by atoms with Crippen LogP contribution in [0.15, 0.2) is 53.6 Å². The molecule has 0 aliphatic rings. The van der Waals surface area contributed by atoms with Crippen LogP contribution in [-0.2, 0) is 16.2 Å². The third-order valence-corrected chi connectivity index (χ3v) is 6.71. The second kappa shape index (κ2) is 9.18. The molecule has 0 fully saturated rings. The van der Waals surface area contributed by atoms with E-state index in [-0.39, 0.29) is 11.4 Å². The van der Waals surface area contributed by atoms with Gasteiger partial charge in [-0.05, 0) is 57.2 Å². The summed E-state index contributed by atoms with van der Waals surface area (Å²) in [6, 6.07) is 13.5. The van der Waals surface area contributed by atoms with Gasteiger partial charge in [-0.3, -0.25) is 4.79 Å². The molecule has 0 aliphatic heterocycles. The van der Waals surface area contributed by atoms with Crippen molar-refractivity contribution in [3.63, 3.8) is 0 Å². The van der Waals surface area contributed by atoms with Crippen molar-refractivity contribution in [1.29, 1.82) is 0 Å². The summed E-state index contributed by atoms with van der Waals surface area (Å²) >= 11 is 0.0805. The lowest BCUT2D eigenvalue weighted by Crippen LogP contribution is -2.40. The van der Waals surface area contributed by atoms with Gasteiger partial charge in [0, 0.05) is 43.2 Å². The largest absolute Gasteiger partial charge is 0.593 e. The van der Waals surface area contributed by atoms with E-state index >= 15 is 0 Å². The van der Waals surface area contributed by atoms with Crippen molar-refractivity contribution < 1.29 is 9.35 Å². The Balaban J connectivity index is 1.99. The lowest BCUT2D eigenvalue weighted by atomic mass is 10.1. The molecule has 3 rings (SSSR count). The first kappa shape index (κ1) is 22.3. The Morgan fingerprint density at radius 3 is 2.37 bits per heavy atom. The maximum absolute atomic E-state index is 13.1. The molecular formula is C22H26N4O2S2. The van der Waals surface area contributed by atoms with Crippen LogP contribution in [0.2, 0.25) is 0 Å². The predicted octanol–water partition coefficient (Wildman–Crippen LogP) is 4.89. The van der Waals surface area contributed by atoms with Gasteiger partial charge in [0.2, 0.25) is 5.91 Å². The highest BCUT2D eigenvalue weighted by atomic mass is 32.2. The van der Waals surface area contributed by atoms with E-state index in [0.29, 0.717) is 10.6 Å². The number of aromatic nitrogens is 1. The quantitative estimate of drug-likeness (QED) is 0.473. The van der Waals surface area contributed by atoms with Crippen molar-refractivity contribution in [2.24, 2.45) is 0 Å². The third-order valence-electron chi connectivity index (χ3n) is 4.09. The molecule has 1 amide bonds. The zero-order chi connectivity index (χ0) is 21.9. The van der Waals surface area contributed by atoms with Crippen LogP contribution in [0.1, 0.15) is 27.7 Å². The number of rotatable bonds is 6. The summed E-state index contributed by atoms with van der Waals surface area (Å²) in [4.78, 5) is 17.6. The maximum Gasteiger partial charge on any atom is 0.221 e. The normalized spacial score (nSPS) is 12.5. The standard InChI is InChI=1S/C22H26N4O2S2/c1-14(27)25-17-10-11-18(20(12-17)30(28)26-22(2,3)4)19-13-24-21(29-19)15-6-8-16(23-5)9-7-15/h6-13,23,26H,1-5H3,(H,25,27). The summed E-state index contributed by atoms with van der Waals surface area (Å²) in [6.07, 6.45) is 1.80. The lowest BCUT2D eigenvalue weighted by Gasteiger charge is -2.23. The van der Waals surface area contributed by atoms with E-state index in [1.807, 2.05) is 64.2 Å². The Labute approximate surface area is 184 Å². The number of amides is 1. The minimum absolute atomic E-state index is 0.173. The minimum Gasteiger partial charge on any atom is -0.593 e. The fourth-order valence-corrected chi connectivity index (χ4v) is 5.11. The number of nitrogens with one attached hydrogen (secondary N) is 3. The maximum atomic E-state index is 13.1. The number of carbonyl (C=O) groups excluding carboxylic acids is 1. The number of carbonyl (C=O) groups is 1. The fraction of sp³-hybridized carbons (Fsp3) is 0.273. The van der Waals surface area contributed by atoms with E-state index < -0.39 is 11.4 Å². The summed E-state index contributed by atoms with van der Waals surface area (Å²) in [5.41, 5.74) is 3.16. The van der Waals surface area contributed by atoms with Crippen LogP contribution >= 0.6 is 11.3 Å². The molecule has 2 aromatic carbocycles. The van der Waals surface area contributed by atoms with Gasteiger partial charge >= 0.3 is 0 Å². The SMILES string of the molecule is CNc1ccc(-c2ncc(-c3ccc(NC(C)=O)cc3[S+]([O-])NC(C)(C)C)s2)cc1. The molecule has 0 bridgehead atoms. The molecule has 1 aromatic heterocycles. The number of hydrogen-bond acceptors (Lipinski definition) is 6. The first-order valence-electron chi connectivity index (χ1n) is 9.52. The summed E-state index contributed by atoms with van der Waals surface area (Å²) in [5.74, 6) is -0.173. The number of nitrogens with zero attached hydrogens (tertiary/aromatic N) is 1. The topological polar surface area (TPSA) is 89.1 Å². The zero-order valence-corrected chi connectivity index (χ0v) is 19.3. The average Bonchev–Trinajstić information content (AvgIpc) is 3.16. The number of anilines is 2. The van der Waals surface area contributed by atoms with Crippen LogP contribution in [0.3, 0.4) is 0 Å². The van der Waals surface area contributed by atoms with Gasteiger partial charge in [-0.15, -0.1) is 16.1 Å². The van der Waals surface area contributed by atoms with E-state index in [1.165, 1.54) is 6.92 Å². The summed E-state index contributed by atoms with van der Waals surface area (Å²) < 4.78 is 16.2. The van der Waals surface area contributed by atoms with Gasteiger partial charge in [0.05, 0.1) is 27.3 Å². The van der Waals surface area contributed by atoms with Crippen molar-refractivity contribution in [3.05, 3.63) is 48.7 Å². The fourth-order valence-electron chi connectivity index (χ4n) is 2.80. The monoisotopic (exact) mass is 442 g/mol. The Morgan fingerprint density at radius 2 is 1.77 bits per heavy atom. The van der Waals surface area contributed by atoms with Crippen LogP contribution in [0.5, 0.6) is 0 Å². The highest BCUT2D eigenvalue weighted by molar-refractivity contribution is 7.89. The van der Waals surface area contributed by atoms with Crippen LogP contribution in [-0.4, -0.2) is 28.0 Å². The van der Waals surface area contributed by atoms with Gasteiger partial charge in [0.1, 0.15) is 5.01 Å². The smallest absolute Gasteiger partial charge is 0.221 e. The van der Waals surface area contributed by atoms with Gasteiger partial charge in [0.25, 0.3) is 0 Å². The van der Waals surface area contributed by atoms with Gasteiger partial charge in [-0.1, -0.05) is 0 Å². The van der Waals surface area contributed by atoms with Crippen molar-refractivity contribution in [3.8, 4) is 21.0 Å². The second-order valence-corrected chi connectivity index (χ2v) is 10.1. The third kappa shape index (κ3) is 5.60. The first-order valence-corrected chi connectivity index (χ1v) is 11.5. The van der Waals surface area contributed by atoms with Crippen LogP contribution in [0, 0.1) is 0 Å². The molecule has 1 atom stereocenters. The lowest BCUT2D eigenvalue weighted by molar-refractivity contribution is -0.114. The molecule has 158 valence electrons. The van der Waals surface area contributed by atoms with E-state index in [9.17, 15) is 9.35 Å². The van der Waals surface area contributed by atoms with Crippen molar-refractivity contribution in [1.82, 2.24) is 9.71 Å². The van der Waals surface area contributed by atoms with Crippen molar-refractivity contribution in [2.75, 3.05) is 17.7 Å². The molecule has 0 spiro atoms. The predicted molar refractivity (Wildman–Crippen MR) is 126 cm³/mol. The molecule has 3 N–H and O–H groups in total. The zero-order valence-electron chi connectivity index (χ0n) is 17.7. The summed E-state index contributed by atoms with van der Waals surface area (Å²) in [5, 5.41) is 6.76. The molecule has 6 nitrogen and oxygen atoms in total. The Hall–Kier alpha value is -2.39. The molecule has 0 saturated carbocycles. The summed E-state index contributed by atoms with van der Waals surface area (Å²) in [7, 11) is 1.88. The van der Waals surface area contributed by atoms with Gasteiger partial charge in [-0.25, -0.2) is 4.98 Å².